The van der Waals surface area contributed by atoms with Crippen molar-refractivity contribution in [1.29, 1.82) is 0 Å². The molecule has 1 aromatic heterocycles. The predicted molar refractivity (Wildman–Crippen MR) is 78.8 cm³/mol. The number of nitrogens with one attached hydrogen (secondary N) is 1. The molecule has 1 aromatic carbocycles. The summed E-state index contributed by atoms with van der Waals surface area (Å²) in [6.07, 6.45) is 3.99. The Morgan fingerprint density at radius 2 is 2.18 bits per heavy atom. The second-order valence-electron chi connectivity index (χ2n) is 5.37. The Balaban J connectivity index is 1.47. The second kappa shape index (κ2) is 6.55. The van der Waals surface area contributed by atoms with Gasteiger partial charge in [0.25, 0.3) is 0 Å². The van der Waals surface area contributed by atoms with E-state index in [0.717, 1.165) is 18.5 Å². The number of aromatic nitrogens is 3. The van der Waals surface area contributed by atoms with Crippen molar-refractivity contribution >= 4 is 6.03 Å². The zero-order valence-electron chi connectivity index (χ0n) is 12.2. The number of halogens is 1. The molecule has 0 bridgehead atoms. The lowest BCUT2D eigenvalue weighted by molar-refractivity contribution is 0.207. The first-order valence-electron chi connectivity index (χ1n) is 7.33. The highest BCUT2D eigenvalue weighted by Gasteiger charge is 2.27. The fourth-order valence-corrected chi connectivity index (χ4v) is 2.69. The van der Waals surface area contributed by atoms with Crippen LogP contribution in [0.15, 0.2) is 36.9 Å². The maximum Gasteiger partial charge on any atom is 0.317 e. The first-order chi connectivity index (χ1) is 10.7. The van der Waals surface area contributed by atoms with Crippen LogP contribution in [0.5, 0.6) is 0 Å². The normalized spacial score (nSPS) is 17.7. The fraction of sp³-hybridized carbons (Fsp3) is 0.400. The van der Waals surface area contributed by atoms with Crippen LogP contribution in [-0.2, 0) is 6.54 Å². The molecule has 0 saturated carbocycles. The third kappa shape index (κ3) is 3.41. The third-order valence-corrected chi connectivity index (χ3v) is 3.90. The molecule has 0 radical (unpaired) electrons. The van der Waals surface area contributed by atoms with Gasteiger partial charge in [-0.05, 0) is 24.1 Å². The topological polar surface area (TPSA) is 63.1 Å². The van der Waals surface area contributed by atoms with Gasteiger partial charge in [-0.1, -0.05) is 12.1 Å². The van der Waals surface area contributed by atoms with E-state index in [1.165, 1.54) is 18.5 Å². The van der Waals surface area contributed by atoms with E-state index in [2.05, 4.69) is 15.4 Å². The van der Waals surface area contributed by atoms with E-state index < -0.39 is 0 Å². The zero-order valence-corrected chi connectivity index (χ0v) is 12.2. The van der Waals surface area contributed by atoms with E-state index in [1.807, 2.05) is 0 Å². The molecule has 22 heavy (non-hydrogen) atoms. The molecule has 7 heteroatoms. The minimum atomic E-state index is -0.232. The van der Waals surface area contributed by atoms with Gasteiger partial charge in [0, 0.05) is 25.6 Å². The minimum absolute atomic E-state index is 0.0651. The van der Waals surface area contributed by atoms with Gasteiger partial charge in [0.05, 0.1) is 6.54 Å². The highest BCUT2D eigenvalue weighted by molar-refractivity contribution is 5.74. The number of likely N-dealkylation sites (tertiary alicyclic amines) is 1. The molecular weight excluding hydrogens is 285 g/mol. The van der Waals surface area contributed by atoms with Crippen molar-refractivity contribution in [2.75, 3.05) is 19.6 Å². The van der Waals surface area contributed by atoms with E-state index >= 15 is 0 Å². The van der Waals surface area contributed by atoms with Crippen LogP contribution in [0.2, 0.25) is 0 Å². The molecule has 2 heterocycles. The van der Waals surface area contributed by atoms with E-state index in [9.17, 15) is 9.18 Å². The maximum absolute atomic E-state index is 12.9. The summed E-state index contributed by atoms with van der Waals surface area (Å²) < 4.78 is 14.6. The number of nitrogens with zero attached hydrogens (tertiary/aromatic N) is 4. The maximum atomic E-state index is 12.9. The molecule has 1 N–H and O–H groups in total. The Morgan fingerprint density at radius 1 is 1.36 bits per heavy atom. The molecule has 0 spiro atoms. The fourth-order valence-electron chi connectivity index (χ4n) is 2.69. The number of hydrogen-bond acceptors (Lipinski definition) is 3. The second-order valence-corrected chi connectivity index (χ2v) is 5.37. The summed E-state index contributed by atoms with van der Waals surface area (Å²) >= 11 is 0. The molecule has 2 amide bonds. The van der Waals surface area contributed by atoms with E-state index in [4.69, 9.17) is 0 Å². The van der Waals surface area contributed by atoms with Gasteiger partial charge in [-0.2, -0.15) is 5.10 Å². The number of hydrogen-bond donors (Lipinski definition) is 1. The van der Waals surface area contributed by atoms with Gasteiger partial charge in [0.2, 0.25) is 0 Å². The molecule has 1 aliphatic rings. The van der Waals surface area contributed by atoms with Crippen molar-refractivity contribution in [2.24, 2.45) is 0 Å². The van der Waals surface area contributed by atoms with Gasteiger partial charge in [-0.15, -0.1) is 0 Å². The summed E-state index contributed by atoms with van der Waals surface area (Å²) in [5.41, 5.74) is 1.08. The molecule has 0 aliphatic carbocycles. The Labute approximate surface area is 128 Å². The molecule has 1 fully saturated rings. The van der Waals surface area contributed by atoms with Crippen LogP contribution in [0.4, 0.5) is 9.18 Å². The van der Waals surface area contributed by atoms with Gasteiger partial charge in [-0.25, -0.2) is 14.2 Å². The van der Waals surface area contributed by atoms with Crippen molar-refractivity contribution in [3.63, 3.8) is 0 Å². The van der Waals surface area contributed by atoms with Gasteiger partial charge < -0.3 is 10.2 Å². The number of carbonyl (C=O) groups excluding carboxylic acids is 1. The summed E-state index contributed by atoms with van der Waals surface area (Å²) in [6.45, 7) is 2.50. The predicted octanol–water partition coefficient (Wildman–Crippen LogP) is 1.62. The van der Waals surface area contributed by atoms with Crippen LogP contribution in [0.3, 0.4) is 0 Å². The summed E-state index contributed by atoms with van der Waals surface area (Å²) in [4.78, 5) is 17.8. The SMILES string of the molecule is O=C(NCCn1cncn1)N1CC[C@H](c2ccc(F)cc2)C1. The molecule has 1 atom stereocenters. The number of rotatable bonds is 4. The summed E-state index contributed by atoms with van der Waals surface area (Å²) in [5, 5.41) is 6.86. The monoisotopic (exact) mass is 303 g/mol. The molecule has 1 saturated heterocycles. The van der Waals surface area contributed by atoms with E-state index in [1.54, 1.807) is 28.0 Å². The van der Waals surface area contributed by atoms with Gasteiger partial charge >= 0.3 is 6.03 Å². The van der Waals surface area contributed by atoms with Crippen LogP contribution in [0, 0.1) is 5.82 Å². The Hall–Kier alpha value is -2.44. The van der Waals surface area contributed by atoms with Gasteiger partial charge in [-0.3, -0.25) is 4.68 Å². The van der Waals surface area contributed by atoms with Crippen LogP contribution < -0.4 is 5.32 Å². The summed E-state index contributed by atoms with van der Waals surface area (Å²) in [7, 11) is 0. The third-order valence-electron chi connectivity index (χ3n) is 3.90. The molecular formula is C15H18FN5O. The number of urea groups is 1. The molecule has 116 valence electrons. The molecule has 2 aromatic rings. The summed E-state index contributed by atoms with van der Waals surface area (Å²) in [6, 6.07) is 6.47. The van der Waals surface area contributed by atoms with Crippen LogP contribution in [0.25, 0.3) is 0 Å². The highest BCUT2D eigenvalue weighted by Crippen LogP contribution is 2.27. The standard InChI is InChI=1S/C15H18FN5O/c16-14-3-1-12(2-4-14)13-5-7-20(9-13)15(22)18-6-8-21-11-17-10-19-21/h1-4,10-11,13H,5-9H2,(H,18,22)/t13-/m0/s1. The van der Waals surface area contributed by atoms with Crippen LogP contribution in [-0.4, -0.2) is 45.3 Å². The van der Waals surface area contributed by atoms with Crippen LogP contribution >= 0.6 is 0 Å². The Bertz CT molecular complexity index is 613. The van der Waals surface area contributed by atoms with Crippen molar-refractivity contribution in [2.45, 2.75) is 18.9 Å². The molecule has 1 aliphatic heterocycles. The lowest BCUT2D eigenvalue weighted by Crippen LogP contribution is -2.39. The highest BCUT2D eigenvalue weighted by atomic mass is 19.1. The Kier molecular flexibility index (Phi) is 4.32. The molecule has 3 rings (SSSR count). The summed E-state index contributed by atoms with van der Waals surface area (Å²) in [5.74, 6) is 0.0473. The lowest BCUT2D eigenvalue weighted by atomic mass is 9.99. The van der Waals surface area contributed by atoms with Crippen LogP contribution in [0.1, 0.15) is 17.9 Å². The van der Waals surface area contributed by atoms with Crippen molar-refractivity contribution in [3.05, 3.63) is 48.3 Å². The molecule has 0 unspecified atom stereocenters. The van der Waals surface area contributed by atoms with E-state index in [-0.39, 0.29) is 17.8 Å². The average molecular weight is 303 g/mol. The minimum Gasteiger partial charge on any atom is -0.336 e. The number of benzene rings is 1. The largest absolute Gasteiger partial charge is 0.336 e. The first-order valence-corrected chi connectivity index (χ1v) is 7.33. The quantitative estimate of drug-likeness (QED) is 0.933. The lowest BCUT2D eigenvalue weighted by Gasteiger charge is -2.17. The first kappa shape index (κ1) is 14.5. The van der Waals surface area contributed by atoms with Gasteiger partial charge in [0.1, 0.15) is 18.5 Å². The Morgan fingerprint density at radius 3 is 2.91 bits per heavy atom. The van der Waals surface area contributed by atoms with E-state index in [0.29, 0.717) is 19.6 Å². The number of carbonyl (C=O) groups is 1. The van der Waals surface area contributed by atoms with Crippen molar-refractivity contribution in [1.82, 2.24) is 25.0 Å². The number of amides is 2. The molecule has 6 nitrogen and oxygen atoms in total. The zero-order chi connectivity index (χ0) is 15.4. The van der Waals surface area contributed by atoms with Crippen molar-refractivity contribution < 1.29 is 9.18 Å². The van der Waals surface area contributed by atoms with Gasteiger partial charge in [0.15, 0.2) is 0 Å². The smallest absolute Gasteiger partial charge is 0.317 e. The average Bonchev–Trinajstić information content (AvgIpc) is 3.19. The van der Waals surface area contributed by atoms with Crippen molar-refractivity contribution in [3.8, 4) is 0 Å².